The van der Waals surface area contributed by atoms with Crippen LogP contribution in [-0.4, -0.2) is 32.3 Å². The van der Waals surface area contributed by atoms with Crippen LogP contribution in [0.5, 0.6) is 5.75 Å². The van der Waals surface area contributed by atoms with E-state index in [0.29, 0.717) is 17.9 Å². The Morgan fingerprint density at radius 1 is 1.03 bits per heavy atom. The number of sulfonamides is 1. The second-order valence-electron chi connectivity index (χ2n) is 7.38. The summed E-state index contributed by atoms with van der Waals surface area (Å²) in [6.07, 6.45) is 0. The minimum Gasteiger partial charge on any atom is -0.494 e. The maximum atomic E-state index is 13.9. The third-order valence-corrected chi connectivity index (χ3v) is 6.76. The van der Waals surface area contributed by atoms with Crippen LogP contribution < -0.4 is 10.1 Å². The first-order valence-electron chi connectivity index (χ1n) is 10.2. The van der Waals surface area contributed by atoms with Crippen molar-refractivity contribution in [1.29, 1.82) is 0 Å². The summed E-state index contributed by atoms with van der Waals surface area (Å²) in [6.45, 7) is 3.88. The normalized spacial score (nSPS) is 11.5. The average molecular weight is 475 g/mol. The summed E-state index contributed by atoms with van der Waals surface area (Å²) in [4.78, 5) is 12.8. The molecule has 0 aliphatic heterocycles. The van der Waals surface area contributed by atoms with Gasteiger partial charge < -0.3 is 10.1 Å². The van der Waals surface area contributed by atoms with Gasteiger partial charge in [0.2, 0.25) is 10.0 Å². The fourth-order valence-electron chi connectivity index (χ4n) is 3.16. The van der Waals surface area contributed by atoms with Gasteiger partial charge in [-0.3, -0.25) is 4.79 Å². The molecule has 3 rings (SSSR count). The number of carbonyl (C=O) groups is 1. The molecule has 0 aliphatic carbocycles. The van der Waals surface area contributed by atoms with Crippen molar-refractivity contribution in [3.63, 3.8) is 0 Å². The van der Waals surface area contributed by atoms with E-state index < -0.39 is 33.3 Å². The van der Waals surface area contributed by atoms with E-state index in [0.717, 1.165) is 22.0 Å². The molecular weight excluding hydrogens is 450 g/mol. The molecule has 33 heavy (non-hydrogen) atoms. The zero-order valence-electron chi connectivity index (χ0n) is 18.4. The maximum Gasteiger partial charge on any atom is 0.255 e. The highest BCUT2D eigenvalue weighted by molar-refractivity contribution is 7.89. The third-order valence-electron chi connectivity index (χ3n) is 4.95. The number of rotatable bonds is 8. The predicted molar refractivity (Wildman–Crippen MR) is 122 cm³/mol. The molecule has 0 aliphatic rings. The maximum absolute atomic E-state index is 13.9. The SMILES string of the molecule is CCOc1ccc(C(=O)Nc2c(F)cccc2F)cc1CN(C)S(=O)(=O)c1ccc(C)cc1. The zero-order chi connectivity index (χ0) is 24.2. The van der Waals surface area contributed by atoms with Crippen molar-refractivity contribution in [1.82, 2.24) is 4.31 Å². The number of aryl methyl sites for hydroxylation is 1. The van der Waals surface area contributed by atoms with Crippen LogP contribution in [0.1, 0.15) is 28.4 Å². The summed E-state index contributed by atoms with van der Waals surface area (Å²) in [6, 6.07) is 14.1. The van der Waals surface area contributed by atoms with Gasteiger partial charge in [-0.1, -0.05) is 23.8 Å². The van der Waals surface area contributed by atoms with E-state index in [-0.39, 0.29) is 17.0 Å². The number of para-hydroxylation sites is 1. The van der Waals surface area contributed by atoms with Gasteiger partial charge in [-0.2, -0.15) is 4.31 Å². The summed E-state index contributed by atoms with van der Waals surface area (Å²) in [7, 11) is -2.38. The minimum atomic E-state index is -3.80. The summed E-state index contributed by atoms with van der Waals surface area (Å²) >= 11 is 0. The highest BCUT2D eigenvalue weighted by Crippen LogP contribution is 2.26. The summed E-state index contributed by atoms with van der Waals surface area (Å²) < 4.78 is 60.5. The predicted octanol–water partition coefficient (Wildman–Crippen LogP) is 4.74. The molecule has 174 valence electrons. The lowest BCUT2D eigenvalue weighted by Gasteiger charge is -2.20. The zero-order valence-corrected chi connectivity index (χ0v) is 19.2. The van der Waals surface area contributed by atoms with Crippen LogP contribution in [0.15, 0.2) is 65.6 Å². The van der Waals surface area contributed by atoms with Gasteiger partial charge in [0.05, 0.1) is 11.5 Å². The molecule has 0 aromatic heterocycles. The second kappa shape index (κ2) is 10.1. The number of hydrogen-bond acceptors (Lipinski definition) is 4. The number of benzene rings is 3. The lowest BCUT2D eigenvalue weighted by molar-refractivity contribution is 0.102. The van der Waals surface area contributed by atoms with Crippen molar-refractivity contribution in [2.24, 2.45) is 0 Å². The van der Waals surface area contributed by atoms with Crippen LogP contribution in [0.2, 0.25) is 0 Å². The van der Waals surface area contributed by atoms with Gasteiger partial charge in [0.25, 0.3) is 5.91 Å². The van der Waals surface area contributed by atoms with E-state index in [1.807, 2.05) is 6.92 Å². The molecule has 0 atom stereocenters. The highest BCUT2D eigenvalue weighted by atomic mass is 32.2. The Hall–Kier alpha value is -3.30. The Bertz CT molecular complexity index is 1240. The number of carbonyl (C=O) groups excluding carboxylic acids is 1. The van der Waals surface area contributed by atoms with Gasteiger partial charge in [0, 0.05) is 24.7 Å². The molecule has 6 nitrogen and oxygen atoms in total. The number of halogens is 2. The van der Waals surface area contributed by atoms with Gasteiger partial charge in [-0.05, 0) is 56.3 Å². The molecule has 9 heteroatoms. The Labute approximate surface area is 191 Å². The highest BCUT2D eigenvalue weighted by Gasteiger charge is 2.23. The number of nitrogens with zero attached hydrogens (tertiary/aromatic N) is 1. The fourth-order valence-corrected chi connectivity index (χ4v) is 4.31. The Morgan fingerprint density at radius 2 is 1.67 bits per heavy atom. The smallest absolute Gasteiger partial charge is 0.255 e. The quantitative estimate of drug-likeness (QED) is 0.512. The van der Waals surface area contributed by atoms with E-state index in [1.54, 1.807) is 19.1 Å². The van der Waals surface area contributed by atoms with Crippen molar-refractivity contribution in [3.05, 3.63) is 89.0 Å². The molecule has 0 saturated heterocycles. The number of anilines is 1. The first-order chi connectivity index (χ1) is 15.6. The van der Waals surface area contributed by atoms with E-state index >= 15 is 0 Å². The first-order valence-corrected chi connectivity index (χ1v) is 11.6. The third kappa shape index (κ3) is 5.55. The van der Waals surface area contributed by atoms with Crippen molar-refractivity contribution in [3.8, 4) is 5.75 Å². The molecule has 0 spiro atoms. The molecular formula is C24H24F2N2O4S. The number of ether oxygens (including phenoxy) is 1. The van der Waals surface area contributed by atoms with E-state index in [4.69, 9.17) is 4.74 Å². The van der Waals surface area contributed by atoms with Gasteiger partial charge in [-0.25, -0.2) is 17.2 Å². The van der Waals surface area contributed by atoms with Gasteiger partial charge in [0.15, 0.2) is 0 Å². The molecule has 0 fully saturated rings. The largest absolute Gasteiger partial charge is 0.494 e. The summed E-state index contributed by atoms with van der Waals surface area (Å²) in [5.74, 6) is -2.15. The molecule has 0 heterocycles. The molecule has 0 unspecified atom stereocenters. The monoisotopic (exact) mass is 474 g/mol. The molecule has 0 bridgehead atoms. The van der Waals surface area contributed by atoms with Crippen LogP contribution in [-0.2, 0) is 16.6 Å². The Kier molecular flexibility index (Phi) is 7.45. The van der Waals surface area contributed by atoms with Crippen LogP contribution in [0.4, 0.5) is 14.5 Å². The van der Waals surface area contributed by atoms with Crippen molar-refractivity contribution >= 4 is 21.6 Å². The van der Waals surface area contributed by atoms with Crippen molar-refractivity contribution in [2.45, 2.75) is 25.3 Å². The second-order valence-corrected chi connectivity index (χ2v) is 9.43. The molecule has 3 aromatic carbocycles. The molecule has 0 radical (unpaired) electrons. The molecule has 1 N–H and O–H groups in total. The Balaban J connectivity index is 1.90. The lowest BCUT2D eigenvalue weighted by Crippen LogP contribution is -2.27. The molecule has 0 saturated carbocycles. The van der Waals surface area contributed by atoms with Gasteiger partial charge >= 0.3 is 0 Å². The fraction of sp³-hybridized carbons (Fsp3) is 0.208. The first kappa shape index (κ1) is 24.3. The van der Waals surface area contributed by atoms with Crippen LogP contribution in [0.25, 0.3) is 0 Å². The summed E-state index contributed by atoms with van der Waals surface area (Å²) in [5.41, 5.74) is 0.895. The van der Waals surface area contributed by atoms with Crippen LogP contribution >= 0.6 is 0 Å². The van der Waals surface area contributed by atoms with Crippen LogP contribution in [0, 0.1) is 18.6 Å². The van der Waals surface area contributed by atoms with Crippen LogP contribution in [0.3, 0.4) is 0 Å². The molecule has 3 aromatic rings. The number of nitrogens with one attached hydrogen (secondary N) is 1. The minimum absolute atomic E-state index is 0.0826. The van der Waals surface area contributed by atoms with E-state index in [2.05, 4.69) is 5.32 Å². The number of hydrogen-bond donors (Lipinski definition) is 1. The van der Waals surface area contributed by atoms with Gasteiger partial charge in [-0.15, -0.1) is 0 Å². The van der Waals surface area contributed by atoms with Crippen molar-refractivity contribution in [2.75, 3.05) is 19.0 Å². The standard InChI is InChI=1S/C24H24F2N2O4S/c1-4-32-22-13-10-17(24(29)27-23-20(25)6-5-7-21(23)26)14-18(22)15-28(3)33(30,31)19-11-8-16(2)9-12-19/h5-14H,4,15H2,1-3H3,(H,27,29). The number of amides is 1. The lowest BCUT2D eigenvalue weighted by atomic mass is 10.1. The van der Waals surface area contributed by atoms with Crippen molar-refractivity contribution < 1.29 is 26.7 Å². The summed E-state index contributed by atoms with van der Waals surface area (Å²) in [5, 5.41) is 2.23. The average Bonchev–Trinajstić information content (AvgIpc) is 2.77. The van der Waals surface area contributed by atoms with E-state index in [9.17, 15) is 22.0 Å². The Morgan fingerprint density at radius 3 is 2.27 bits per heavy atom. The van der Waals surface area contributed by atoms with E-state index in [1.165, 1.54) is 43.4 Å². The van der Waals surface area contributed by atoms with Gasteiger partial charge in [0.1, 0.15) is 23.1 Å². The topological polar surface area (TPSA) is 75.7 Å². The molecule has 1 amide bonds.